The normalized spacial score (nSPS) is 10.1. The van der Waals surface area contributed by atoms with Crippen molar-refractivity contribution in [2.45, 2.75) is 0 Å². The summed E-state index contributed by atoms with van der Waals surface area (Å²) in [6.45, 7) is -0.360. The molecule has 2 rings (SSSR count). The van der Waals surface area contributed by atoms with E-state index in [4.69, 9.17) is 38.4 Å². The van der Waals surface area contributed by atoms with Crippen LogP contribution in [0.4, 0.5) is 5.69 Å². The van der Waals surface area contributed by atoms with Gasteiger partial charge in [0.25, 0.3) is 11.8 Å². The minimum absolute atomic E-state index is 0.111. The Kier molecular flexibility index (Phi) is 5.89. The molecule has 126 valence electrons. The van der Waals surface area contributed by atoms with Gasteiger partial charge < -0.3 is 20.5 Å². The molecule has 0 saturated carbocycles. The number of amides is 2. The number of benzene rings is 2. The summed E-state index contributed by atoms with van der Waals surface area (Å²) in [5.41, 5.74) is 5.74. The molecule has 2 aromatic rings. The molecule has 0 saturated heterocycles. The van der Waals surface area contributed by atoms with E-state index >= 15 is 0 Å². The third kappa shape index (κ3) is 4.31. The summed E-state index contributed by atoms with van der Waals surface area (Å²) in [6.07, 6.45) is 0. The average Bonchev–Trinajstić information content (AvgIpc) is 2.54. The molecule has 0 spiro atoms. The highest BCUT2D eigenvalue weighted by Gasteiger charge is 2.17. The van der Waals surface area contributed by atoms with Crippen molar-refractivity contribution in [3.8, 4) is 11.5 Å². The van der Waals surface area contributed by atoms with Crippen molar-refractivity contribution in [3.63, 3.8) is 0 Å². The van der Waals surface area contributed by atoms with Crippen LogP contribution in [-0.2, 0) is 4.79 Å². The Balaban J connectivity index is 2.27. The van der Waals surface area contributed by atoms with Gasteiger partial charge in [-0.15, -0.1) is 0 Å². The van der Waals surface area contributed by atoms with Crippen LogP contribution < -0.4 is 20.5 Å². The molecule has 0 unspecified atom stereocenters. The van der Waals surface area contributed by atoms with Crippen LogP contribution in [0.3, 0.4) is 0 Å². The van der Waals surface area contributed by atoms with Crippen LogP contribution in [0, 0.1) is 0 Å². The van der Waals surface area contributed by atoms with Gasteiger partial charge in [-0.2, -0.15) is 0 Å². The quantitative estimate of drug-likeness (QED) is 0.819. The number of nitrogens with one attached hydrogen (secondary N) is 1. The van der Waals surface area contributed by atoms with Crippen LogP contribution in [0.2, 0.25) is 10.0 Å². The van der Waals surface area contributed by atoms with Gasteiger partial charge in [-0.3, -0.25) is 9.59 Å². The van der Waals surface area contributed by atoms with Crippen LogP contribution in [0.1, 0.15) is 10.4 Å². The summed E-state index contributed by atoms with van der Waals surface area (Å²) in [5.74, 6) is -0.751. The smallest absolute Gasteiger partial charge is 0.255 e. The lowest BCUT2D eigenvalue weighted by molar-refractivity contribution is -0.119. The molecule has 3 N–H and O–H groups in total. The predicted molar refractivity (Wildman–Crippen MR) is 92.1 cm³/mol. The Morgan fingerprint density at radius 3 is 2.50 bits per heavy atom. The lowest BCUT2D eigenvalue weighted by Crippen LogP contribution is -2.20. The average molecular weight is 369 g/mol. The van der Waals surface area contributed by atoms with Gasteiger partial charge in [0.1, 0.15) is 0 Å². The van der Waals surface area contributed by atoms with Gasteiger partial charge in [-0.05, 0) is 24.3 Å². The molecule has 0 atom stereocenters. The van der Waals surface area contributed by atoms with Gasteiger partial charge in [-0.25, -0.2) is 0 Å². The molecule has 0 aliphatic heterocycles. The summed E-state index contributed by atoms with van der Waals surface area (Å²) < 4.78 is 10.4. The Hall–Kier alpha value is -2.44. The first kappa shape index (κ1) is 17.9. The van der Waals surface area contributed by atoms with Gasteiger partial charge in [-0.1, -0.05) is 35.3 Å². The van der Waals surface area contributed by atoms with E-state index in [1.54, 1.807) is 24.3 Å². The van der Waals surface area contributed by atoms with E-state index in [1.807, 2.05) is 0 Å². The lowest BCUT2D eigenvalue weighted by Gasteiger charge is -2.13. The zero-order valence-corrected chi connectivity index (χ0v) is 14.1. The minimum atomic E-state index is -0.659. The van der Waals surface area contributed by atoms with Gasteiger partial charge in [0.2, 0.25) is 0 Å². The molecule has 0 bridgehead atoms. The van der Waals surface area contributed by atoms with Crippen molar-refractivity contribution in [3.05, 3.63) is 52.0 Å². The highest BCUT2D eigenvalue weighted by atomic mass is 35.5. The van der Waals surface area contributed by atoms with Crippen LogP contribution in [0.25, 0.3) is 0 Å². The predicted octanol–water partition coefficient (Wildman–Crippen LogP) is 3.12. The first-order valence-electron chi connectivity index (χ1n) is 6.77. The third-order valence-corrected chi connectivity index (χ3v) is 3.58. The molecule has 2 amide bonds. The summed E-state index contributed by atoms with van der Waals surface area (Å²) in [5, 5.41) is 3.19. The van der Waals surface area contributed by atoms with Crippen molar-refractivity contribution >= 4 is 40.7 Å². The largest absolute Gasteiger partial charge is 0.493 e. The standard InChI is InChI=1S/C16H14Cl2N2O4/c1-23-13-7-9(6-11(18)15(13)24-8-14(19)21)16(22)20-12-5-3-2-4-10(12)17/h2-7H,8H2,1H3,(H2,19,21)(H,20,22). The van der Waals surface area contributed by atoms with E-state index in [-0.39, 0.29) is 28.7 Å². The molecular formula is C16H14Cl2N2O4. The summed E-state index contributed by atoms with van der Waals surface area (Å²) in [4.78, 5) is 23.2. The van der Waals surface area contributed by atoms with Crippen molar-refractivity contribution in [2.24, 2.45) is 5.73 Å². The Labute approximate surface area is 148 Å². The molecule has 0 fully saturated rings. The Morgan fingerprint density at radius 1 is 1.17 bits per heavy atom. The van der Waals surface area contributed by atoms with E-state index in [1.165, 1.54) is 19.2 Å². The number of nitrogens with two attached hydrogens (primary N) is 1. The number of hydrogen-bond donors (Lipinski definition) is 2. The third-order valence-electron chi connectivity index (χ3n) is 2.97. The minimum Gasteiger partial charge on any atom is -0.493 e. The fourth-order valence-corrected chi connectivity index (χ4v) is 2.34. The maximum atomic E-state index is 12.4. The highest BCUT2D eigenvalue weighted by molar-refractivity contribution is 6.34. The van der Waals surface area contributed by atoms with Gasteiger partial charge >= 0.3 is 0 Å². The molecule has 8 heteroatoms. The maximum Gasteiger partial charge on any atom is 0.255 e. The summed E-state index contributed by atoms with van der Waals surface area (Å²) in [7, 11) is 1.39. The topological polar surface area (TPSA) is 90.7 Å². The SMILES string of the molecule is COc1cc(C(=O)Nc2ccccc2Cl)cc(Cl)c1OCC(N)=O. The number of hydrogen-bond acceptors (Lipinski definition) is 4. The number of rotatable bonds is 6. The molecule has 2 aromatic carbocycles. The number of primary amides is 1. The maximum absolute atomic E-state index is 12.4. The second-order valence-electron chi connectivity index (χ2n) is 4.68. The fraction of sp³-hybridized carbons (Fsp3) is 0.125. The van der Waals surface area contributed by atoms with Gasteiger partial charge in [0.15, 0.2) is 18.1 Å². The van der Waals surface area contributed by atoms with Crippen molar-refractivity contribution in [1.29, 1.82) is 0 Å². The Bertz CT molecular complexity index is 781. The van der Waals surface area contributed by atoms with E-state index in [0.717, 1.165) is 0 Å². The first-order valence-corrected chi connectivity index (χ1v) is 7.52. The number of ether oxygens (including phenoxy) is 2. The van der Waals surface area contributed by atoms with E-state index < -0.39 is 11.8 Å². The van der Waals surface area contributed by atoms with Gasteiger partial charge in [0, 0.05) is 5.56 Å². The van der Waals surface area contributed by atoms with Gasteiger partial charge in [0.05, 0.1) is 22.8 Å². The van der Waals surface area contributed by atoms with Crippen LogP contribution >= 0.6 is 23.2 Å². The molecule has 6 nitrogen and oxygen atoms in total. The molecule has 0 radical (unpaired) electrons. The highest BCUT2D eigenvalue weighted by Crippen LogP contribution is 2.36. The van der Waals surface area contributed by atoms with Crippen molar-refractivity contribution in [1.82, 2.24) is 0 Å². The summed E-state index contributed by atoms with van der Waals surface area (Å²) >= 11 is 12.1. The van der Waals surface area contributed by atoms with Crippen LogP contribution in [-0.4, -0.2) is 25.5 Å². The zero-order valence-electron chi connectivity index (χ0n) is 12.6. The Morgan fingerprint density at radius 2 is 1.88 bits per heavy atom. The first-order chi connectivity index (χ1) is 11.4. The molecule has 0 aromatic heterocycles. The van der Waals surface area contributed by atoms with E-state index in [9.17, 15) is 9.59 Å². The number of carbonyl (C=O) groups excluding carboxylic acids is 2. The monoisotopic (exact) mass is 368 g/mol. The molecule has 0 aliphatic rings. The molecular weight excluding hydrogens is 355 g/mol. The molecule has 0 aliphatic carbocycles. The summed E-state index contributed by atoms with van der Waals surface area (Å²) in [6, 6.07) is 9.66. The number of para-hydroxylation sites is 1. The van der Waals surface area contributed by atoms with Crippen molar-refractivity contribution in [2.75, 3.05) is 19.0 Å². The van der Waals surface area contributed by atoms with Crippen LogP contribution in [0.5, 0.6) is 11.5 Å². The number of carbonyl (C=O) groups is 2. The second kappa shape index (κ2) is 7.90. The number of methoxy groups -OCH3 is 1. The lowest BCUT2D eigenvalue weighted by atomic mass is 10.1. The number of halogens is 2. The van der Waals surface area contributed by atoms with E-state index in [2.05, 4.69) is 5.32 Å². The van der Waals surface area contributed by atoms with Crippen LogP contribution in [0.15, 0.2) is 36.4 Å². The van der Waals surface area contributed by atoms with Crippen molar-refractivity contribution < 1.29 is 19.1 Å². The fourth-order valence-electron chi connectivity index (χ4n) is 1.89. The zero-order chi connectivity index (χ0) is 17.7. The second-order valence-corrected chi connectivity index (χ2v) is 5.49. The molecule has 24 heavy (non-hydrogen) atoms. The number of anilines is 1. The van der Waals surface area contributed by atoms with E-state index in [0.29, 0.717) is 10.7 Å². The molecule has 0 heterocycles.